The first-order valence-electron chi connectivity index (χ1n) is 15.5. The SMILES string of the molecule is SCC12CC3(CS)CC(CS)(C1)CC(c1ccc(C#Cc4ccc5c(c4)OCCOCCOCCOCCO5)cc1)(C2)C3. The zero-order valence-corrected chi connectivity index (χ0v) is 27.6. The predicted octanol–water partition coefficient (Wildman–Crippen LogP) is 6.28. The van der Waals surface area contributed by atoms with Gasteiger partial charge in [-0.25, -0.2) is 0 Å². The zero-order valence-electron chi connectivity index (χ0n) is 24.9. The fourth-order valence-corrected chi connectivity index (χ4v) is 9.94. The van der Waals surface area contributed by atoms with Crippen molar-refractivity contribution < 1.29 is 23.7 Å². The molecular formula is C35H44O5S3. The molecule has 4 fully saturated rings. The van der Waals surface area contributed by atoms with Crippen LogP contribution >= 0.6 is 37.9 Å². The summed E-state index contributed by atoms with van der Waals surface area (Å²) in [7, 11) is 0. The fourth-order valence-electron chi connectivity index (χ4n) is 8.93. The minimum absolute atomic E-state index is 0.177. The first-order valence-corrected chi connectivity index (χ1v) is 17.4. The summed E-state index contributed by atoms with van der Waals surface area (Å²) >= 11 is 14.8. The average molecular weight is 641 g/mol. The summed E-state index contributed by atoms with van der Waals surface area (Å²) in [5.74, 6) is 10.9. The van der Waals surface area contributed by atoms with Crippen LogP contribution in [0.15, 0.2) is 42.5 Å². The number of ether oxygens (including phenoxy) is 5. The van der Waals surface area contributed by atoms with E-state index in [-0.39, 0.29) is 5.41 Å². The number of hydrogen-bond donors (Lipinski definition) is 3. The maximum atomic E-state index is 6.03. The van der Waals surface area contributed by atoms with Crippen molar-refractivity contribution in [2.45, 2.75) is 43.9 Å². The third kappa shape index (κ3) is 6.88. The van der Waals surface area contributed by atoms with Crippen LogP contribution in [0, 0.1) is 28.1 Å². The highest BCUT2D eigenvalue weighted by molar-refractivity contribution is 7.80. The third-order valence-corrected chi connectivity index (χ3v) is 11.9. The minimum atomic E-state index is 0.177. The van der Waals surface area contributed by atoms with E-state index >= 15 is 0 Å². The van der Waals surface area contributed by atoms with E-state index in [0.29, 0.717) is 80.6 Å². The van der Waals surface area contributed by atoms with E-state index in [9.17, 15) is 0 Å². The van der Waals surface area contributed by atoms with Gasteiger partial charge in [-0.2, -0.15) is 37.9 Å². The fraction of sp³-hybridized carbons (Fsp3) is 0.600. The van der Waals surface area contributed by atoms with Gasteiger partial charge in [0.25, 0.3) is 0 Å². The molecule has 0 amide bonds. The van der Waals surface area contributed by atoms with Crippen molar-refractivity contribution in [1.29, 1.82) is 0 Å². The second-order valence-electron chi connectivity index (χ2n) is 13.3. The molecule has 2 aromatic carbocycles. The summed E-state index contributed by atoms with van der Waals surface area (Å²) < 4.78 is 28.6. The van der Waals surface area contributed by atoms with Crippen molar-refractivity contribution in [2.75, 3.05) is 70.1 Å². The monoisotopic (exact) mass is 640 g/mol. The Hall–Kier alpha value is -1.47. The van der Waals surface area contributed by atoms with Gasteiger partial charge in [-0.1, -0.05) is 24.0 Å². The summed E-state index contributed by atoms with van der Waals surface area (Å²) in [6, 6.07) is 14.9. The molecule has 1 heterocycles. The van der Waals surface area contributed by atoms with Gasteiger partial charge in [-0.15, -0.1) is 0 Å². The Morgan fingerprint density at radius 2 is 0.953 bits per heavy atom. The Bertz CT molecular complexity index is 1260. The van der Waals surface area contributed by atoms with Crippen LogP contribution in [0.3, 0.4) is 0 Å². The molecule has 5 aliphatic rings. The van der Waals surface area contributed by atoms with E-state index in [4.69, 9.17) is 61.6 Å². The van der Waals surface area contributed by atoms with E-state index in [0.717, 1.165) is 28.4 Å². The van der Waals surface area contributed by atoms with Crippen LogP contribution in [-0.2, 0) is 19.6 Å². The topological polar surface area (TPSA) is 46.2 Å². The smallest absolute Gasteiger partial charge is 0.162 e. The molecule has 0 N–H and O–H groups in total. The molecule has 43 heavy (non-hydrogen) atoms. The van der Waals surface area contributed by atoms with Gasteiger partial charge in [-0.05, 0) is 113 Å². The number of benzene rings is 2. The molecule has 0 spiro atoms. The molecule has 0 unspecified atom stereocenters. The molecule has 0 atom stereocenters. The van der Waals surface area contributed by atoms with Gasteiger partial charge in [0.05, 0.1) is 39.6 Å². The highest BCUT2D eigenvalue weighted by Crippen LogP contribution is 2.74. The second-order valence-corrected chi connectivity index (χ2v) is 14.3. The largest absolute Gasteiger partial charge is 0.487 e. The van der Waals surface area contributed by atoms with Crippen LogP contribution < -0.4 is 9.47 Å². The Morgan fingerprint density at radius 3 is 1.47 bits per heavy atom. The van der Waals surface area contributed by atoms with Crippen LogP contribution in [0.2, 0.25) is 0 Å². The lowest BCUT2D eigenvalue weighted by molar-refractivity contribution is -0.145. The summed E-state index contributed by atoms with van der Waals surface area (Å²) in [6.07, 6.45) is 7.46. The van der Waals surface area contributed by atoms with Gasteiger partial charge < -0.3 is 23.7 Å². The quantitative estimate of drug-likeness (QED) is 0.272. The highest BCUT2D eigenvalue weighted by atomic mass is 32.1. The first-order chi connectivity index (χ1) is 20.9. The molecule has 0 aromatic heterocycles. The molecule has 232 valence electrons. The van der Waals surface area contributed by atoms with Gasteiger partial charge in [0.15, 0.2) is 11.5 Å². The zero-order chi connectivity index (χ0) is 29.8. The molecule has 0 radical (unpaired) electrons. The Balaban J connectivity index is 1.19. The summed E-state index contributed by atoms with van der Waals surface area (Å²) in [6.45, 7) is 3.97. The van der Waals surface area contributed by atoms with Gasteiger partial charge in [0.2, 0.25) is 0 Å². The van der Waals surface area contributed by atoms with Gasteiger partial charge in [-0.3, -0.25) is 0 Å². The van der Waals surface area contributed by atoms with Crippen LogP contribution in [0.4, 0.5) is 0 Å². The van der Waals surface area contributed by atoms with Crippen molar-refractivity contribution in [2.24, 2.45) is 16.2 Å². The Morgan fingerprint density at radius 1 is 0.512 bits per heavy atom. The molecule has 7 rings (SSSR count). The Labute approximate surface area is 273 Å². The standard InChI is InChI=1S/C35H44O5S3/c41-24-32-18-33(25-42)20-34(19-32,26-43)23-35(21-32,22-33)29-6-3-27(4-7-29)1-2-28-5-8-30-31(17-28)40-16-14-38-12-10-36-9-11-37-13-15-39-30/h3-8,17,41-43H,9-16,18-26H2. The van der Waals surface area contributed by atoms with E-state index < -0.39 is 0 Å². The number of rotatable bonds is 4. The first kappa shape index (κ1) is 31.5. The Kier molecular flexibility index (Phi) is 9.88. The van der Waals surface area contributed by atoms with Crippen LogP contribution in [0.25, 0.3) is 0 Å². The molecule has 0 saturated heterocycles. The van der Waals surface area contributed by atoms with Crippen LogP contribution in [-0.4, -0.2) is 70.1 Å². The molecule has 4 saturated carbocycles. The lowest BCUT2D eigenvalue weighted by Crippen LogP contribution is -2.64. The molecular weight excluding hydrogens is 597 g/mol. The van der Waals surface area contributed by atoms with E-state index in [2.05, 4.69) is 36.1 Å². The van der Waals surface area contributed by atoms with Crippen molar-refractivity contribution >= 4 is 37.9 Å². The van der Waals surface area contributed by atoms with Crippen molar-refractivity contribution in [3.8, 4) is 23.3 Å². The molecule has 1 aliphatic heterocycles. The maximum Gasteiger partial charge on any atom is 0.162 e. The molecule has 8 heteroatoms. The summed E-state index contributed by atoms with van der Waals surface area (Å²) in [5, 5.41) is 0. The summed E-state index contributed by atoms with van der Waals surface area (Å²) in [4.78, 5) is 0. The summed E-state index contributed by atoms with van der Waals surface area (Å²) in [5.41, 5.74) is 4.38. The van der Waals surface area contributed by atoms with Gasteiger partial charge >= 0.3 is 0 Å². The van der Waals surface area contributed by atoms with E-state index in [1.54, 1.807) is 0 Å². The number of fused-ring (bicyclic) bond motifs is 1. The molecule has 4 aliphatic carbocycles. The third-order valence-electron chi connectivity index (χ3n) is 9.90. The lowest BCUT2D eigenvalue weighted by atomic mass is 9.35. The van der Waals surface area contributed by atoms with Gasteiger partial charge in [0.1, 0.15) is 13.2 Å². The number of thiol groups is 3. The van der Waals surface area contributed by atoms with Gasteiger partial charge in [0, 0.05) is 11.1 Å². The molecule has 2 aromatic rings. The van der Waals surface area contributed by atoms with E-state index in [1.165, 1.54) is 44.1 Å². The maximum absolute atomic E-state index is 6.03. The second kappa shape index (κ2) is 13.5. The number of hydrogen-bond acceptors (Lipinski definition) is 8. The van der Waals surface area contributed by atoms with Crippen molar-refractivity contribution in [3.63, 3.8) is 0 Å². The van der Waals surface area contributed by atoms with Crippen molar-refractivity contribution in [1.82, 2.24) is 0 Å². The van der Waals surface area contributed by atoms with Crippen LogP contribution in [0.5, 0.6) is 11.5 Å². The predicted molar refractivity (Wildman–Crippen MR) is 181 cm³/mol. The molecule has 5 nitrogen and oxygen atoms in total. The van der Waals surface area contributed by atoms with E-state index in [1.807, 2.05) is 18.2 Å². The molecule has 4 bridgehead atoms. The highest BCUT2D eigenvalue weighted by Gasteiger charge is 2.67. The van der Waals surface area contributed by atoms with Crippen LogP contribution in [0.1, 0.15) is 55.2 Å². The van der Waals surface area contributed by atoms with Crippen molar-refractivity contribution in [3.05, 3.63) is 59.2 Å². The minimum Gasteiger partial charge on any atom is -0.487 e. The average Bonchev–Trinajstić information content (AvgIpc) is 3.03. The lowest BCUT2D eigenvalue weighted by Gasteiger charge is -2.71. The normalized spacial score (nSPS) is 32.7.